The Morgan fingerprint density at radius 3 is 2.08 bits per heavy atom. The zero-order valence-corrected chi connectivity index (χ0v) is 9.51. The smallest absolute Gasteiger partial charge is 0.416 e. The Morgan fingerprint density at radius 1 is 1.17 bits per heavy atom. The Labute approximate surface area is 110 Å². The molecule has 0 saturated heterocycles. The third-order valence-electron chi connectivity index (χ3n) is 1.17. The molecule has 0 bridgehead atoms. The maximum Gasteiger partial charge on any atom is 0.416 e. The third-order valence-corrected chi connectivity index (χ3v) is 1.17. The van der Waals surface area contributed by atoms with Gasteiger partial charge in [-0.05, 0) is 18.2 Å². The molecular formula is C7H5F3KO. The summed E-state index contributed by atoms with van der Waals surface area (Å²) in [4.78, 5) is 0. The molecule has 0 aromatic heterocycles. The summed E-state index contributed by atoms with van der Waals surface area (Å²) in [5.74, 6) is -0.375. The molecule has 5 heteroatoms. The average Bonchev–Trinajstić information content (AvgIpc) is 1.86. The molecule has 0 aliphatic carbocycles. The molecule has 1 aromatic rings. The van der Waals surface area contributed by atoms with Crippen LogP contribution in [-0.2, 0) is 6.18 Å². The van der Waals surface area contributed by atoms with Gasteiger partial charge in [0.15, 0.2) is 0 Å². The van der Waals surface area contributed by atoms with Gasteiger partial charge in [0, 0.05) is 51.4 Å². The molecule has 0 aliphatic rings. The number of hydrogen-bond acceptors (Lipinski definition) is 1. The quantitative estimate of drug-likeness (QED) is 0.637. The van der Waals surface area contributed by atoms with Crippen molar-refractivity contribution >= 4 is 51.4 Å². The molecule has 0 unspecified atom stereocenters. The minimum atomic E-state index is -4.38. The van der Waals surface area contributed by atoms with Gasteiger partial charge in [-0.15, -0.1) is 0 Å². The van der Waals surface area contributed by atoms with E-state index in [2.05, 4.69) is 0 Å². The molecule has 12 heavy (non-hydrogen) atoms. The van der Waals surface area contributed by atoms with Crippen LogP contribution in [-0.4, -0.2) is 56.5 Å². The van der Waals surface area contributed by atoms with Crippen molar-refractivity contribution in [2.75, 3.05) is 0 Å². The Balaban J connectivity index is 0.00000121. The monoisotopic (exact) mass is 201 g/mol. The molecule has 1 N–H and O–H groups in total. The third kappa shape index (κ3) is 3.45. The van der Waals surface area contributed by atoms with Gasteiger partial charge in [-0.2, -0.15) is 13.2 Å². The van der Waals surface area contributed by atoms with Crippen molar-refractivity contribution in [1.82, 2.24) is 0 Å². The van der Waals surface area contributed by atoms with Gasteiger partial charge in [0.25, 0.3) is 0 Å². The van der Waals surface area contributed by atoms with Crippen LogP contribution in [0.4, 0.5) is 13.2 Å². The van der Waals surface area contributed by atoms with Crippen molar-refractivity contribution in [2.24, 2.45) is 0 Å². The first-order valence-corrected chi connectivity index (χ1v) is 2.86. The molecule has 0 heterocycles. The second-order valence-electron chi connectivity index (χ2n) is 2.05. The van der Waals surface area contributed by atoms with Crippen LogP contribution in [0.5, 0.6) is 5.75 Å². The van der Waals surface area contributed by atoms with Crippen LogP contribution in [0.1, 0.15) is 5.56 Å². The number of benzene rings is 1. The maximum atomic E-state index is 11.9. The standard InChI is InChI=1S/C7H5F3O.K/c8-7(9,10)5-2-1-3-6(11)4-5;/h1-4,11H;. The van der Waals surface area contributed by atoms with Gasteiger partial charge in [0.1, 0.15) is 5.75 Å². The first kappa shape index (κ1) is 12.4. The van der Waals surface area contributed by atoms with Crippen molar-refractivity contribution in [1.29, 1.82) is 0 Å². The van der Waals surface area contributed by atoms with Gasteiger partial charge < -0.3 is 5.11 Å². The summed E-state index contributed by atoms with van der Waals surface area (Å²) in [6.45, 7) is 0. The number of hydrogen-bond donors (Lipinski definition) is 1. The Hall–Kier alpha value is 0.446. The van der Waals surface area contributed by atoms with Gasteiger partial charge in [-0.25, -0.2) is 0 Å². The molecule has 0 aliphatic heterocycles. The minimum absolute atomic E-state index is 0. The summed E-state index contributed by atoms with van der Waals surface area (Å²) in [6, 6.07) is 3.92. The van der Waals surface area contributed by atoms with Crippen LogP contribution in [0.2, 0.25) is 0 Å². The zero-order chi connectivity index (χ0) is 8.48. The van der Waals surface area contributed by atoms with E-state index in [-0.39, 0.29) is 57.1 Å². The van der Waals surface area contributed by atoms with Gasteiger partial charge in [-0.3, -0.25) is 0 Å². The van der Waals surface area contributed by atoms with E-state index in [9.17, 15) is 13.2 Å². The second kappa shape index (κ2) is 4.62. The molecule has 1 nitrogen and oxygen atoms in total. The molecule has 0 spiro atoms. The van der Waals surface area contributed by atoms with Crippen molar-refractivity contribution in [3.05, 3.63) is 29.8 Å². The normalized spacial score (nSPS) is 10.6. The minimum Gasteiger partial charge on any atom is -0.508 e. The van der Waals surface area contributed by atoms with E-state index in [0.717, 1.165) is 12.1 Å². The number of halogens is 3. The number of phenolic OH excluding ortho intramolecular Hbond substituents is 1. The molecule has 1 radical (unpaired) electrons. The van der Waals surface area contributed by atoms with E-state index in [1.54, 1.807) is 0 Å². The van der Waals surface area contributed by atoms with Crippen LogP contribution >= 0.6 is 0 Å². The van der Waals surface area contributed by atoms with E-state index in [1.165, 1.54) is 6.07 Å². The fourth-order valence-electron chi connectivity index (χ4n) is 0.682. The Kier molecular flexibility index (Phi) is 4.79. The second-order valence-corrected chi connectivity index (χ2v) is 2.05. The SMILES string of the molecule is Oc1cccc(C(F)(F)F)c1.[K]. The van der Waals surface area contributed by atoms with E-state index in [4.69, 9.17) is 5.11 Å². The van der Waals surface area contributed by atoms with Crippen molar-refractivity contribution in [3.63, 3.8) is 0 Å². The Morgan fingerprint density at radius 2 is 1.75 bits per heavy atom. The van der Waals surface area contributed by atoms with Crippen molar-refractivity contribution < 1.29 is 18.3 Å². The summed E-state index contributed by atoms with van der Waals surface area (Å²) in [5.41, 5.74) is -0.836. The topological polar surface area (TPSA) is 20.2 Å². The molecule has 1 rings (SSSR count). The summed E-state index contributed by atoms with van der Waals surface area (Å²) < 4.78 is 35.6. The van der Waals surface area contributed by atoms with E-state index in [0.29, 0.717) is 6.07 Å². The first-order chi connectivity index (χ1) is 5.00. The van der Waals surface area contributed by atoms with Gasteiger partial charge in [0.2, 0.25) is 0 Å². The first-order valence-electron chi connectivity index (χ1n) is 2.86. The van der Waals surface area contributed by atoms with Crippen LogP contribution in [0.3, 0.4) is 0 Å². The van der Waals surface area contributed by atoms with Gasteiger partial charge in [-0.1, -0.05) is 6.07 Å². The van der Waals surface area contributed by atoms with Crippen molar-refractivity contribution in [2.45, 2.75) is 6.18 Å². The van der Waals surface area contributed by atoms with Crippen LogP contribution in [0.15, 0.2) is 24.3 Å². The summed E-state index contributed by atoms with van der Waals surface area (Å²) in [5, 5.41) is 8.68. The maximum absolute atomic E-state index is 11.9. The summed E-state index contributed by atoms with van der Waals surface area (Å²) in [6.07, 6.45) is -4.38. The zero-order valence-electron chi connectivity index (χ0n) is 6.39. The number of phenols is 1. The average molecular weight is 201 g/mol. The van der Waals surface area contributed by atoms with Crippen LogP contribution in [0.25, 0.3) is 0 Å². The predicted molar refractivity (Wildman–Crippen MR) is 38.9 cm³/mol. The summed E-state index contributed by atoms with van der Waals surface area (Å²) in [7, 11) is 0. The molecule has 61 valence electrons. The van der Waals surface area contributed by atoms with Gasteiger partial charge in [0.05, 0.1) is 5.56 Å². The number of aromatic hydroxyl groups is 1. The van der Waals surface area contributed by atoms with E-state index in [1.807, 2.05) is 0 Å². The number of alkyl halides is 3. The molecule has 0 amide bonds. The van der Waals surface area contributed by atoms with Gasteiger partial charge >= 0.3 is 6.18 Å². The fourth-order valence-corrected chi connectivity index (χ4v) is 0.682. The Bertz CT molecular complexity index is 259. The van der Waals surface area contributed by atoms with E-state index >= 15 is 0 Å². The van der Waals surface area contributed by atoms with Crippen LogP contribution in [0, 0.1) is 0 Å². The largest absolute Gasteiger partial charge is 0.508 e. The van der Waals surface area contributed by atoms with E-state index < -0.39 is 11.7 Å². The molecule has 0 atom stereocenters. The fraction of sp³-hybridized carbons (Fsp3) is 0.143. The summed E-state index contributed by atoms with van der Waals surface area (Å²) >= 11 is 0. The molecule has 0 saturated carbocycles. The van der Waals surface area contributed by atoms with Crippen LogP contribution < -0.4 is 0 Å². The molecule has 1 aromatic carbocycles. The molecular weight excluding hydrogens is 196 g/mol. The predicted octanol–water partition coefficient (Wildman–Crippen LogP) is 2.03. The van der Waals surface area contributed by atoms with Crippen molar-refractivity contribution in [3.8, 4) is 5.75 Å². The molecule has 0 fully saturated rings. The number of rotatable bonds is 0.